The van der Waals surface area contributed by atoms with Gasteiger partial charge in [0.15, 0.2) is 0 Å². The maximum atomic E-state index is 3.56. The van der Waals surface area contributed by atoms with E-state index >= 15 is 0 Å². The summed E-state index contributed by atoms with van der Waals surface area (Å²) in [6, 6.07) is 12.5. The summed E-state index contributed by atoms with van der Waals surface area (Å²) in [5, 5.41) is 3.56. The van der Waals surface area contributed by atoms with Crippen molar-refractivity contribution in [3.8, 4) is 0 Å². The molecule has 4 atom stereocenters. The Balaban J connectivity index is 1.66. The minimum atomic E-state index is 0.695. The van der Waals surface area contributed by atoms with Crippen molar-refractivity contribution in [2.24, 2.45) is 5.92 Å². The number of nitrogens with zero attached hydrogens (tertiary/aromatic N) is 1. The normalized spacial score (nSPS) is 35.3. The highest BCUT2D eigenvalue weighted by molar-refractivity contribution is 5.21. The molecule has 3 rings (SSSR count). The lowest BCUT2D eigenvalue weighted by molar-refractivity contribution is 0.126. The summed E-state index contributed by atoms with van der Waals surface area (Å²) in [6.45, 7) is 4.94. The molecule has 1 aromatic carbocycles. The van der Waals surface area contributed by atoms with Crippen LogP contribution in [0.4, 0.5) is 0 Å². The molecule has 0 aromatic heterocycles. The van der Waals surface area contributed by atoms with Gasteiger partial charge in [0.25, 0.3) is 0 Å². The summed E-state index contributed by atoms with van der Waals surface area (Å²) in [4.78, 5) is 2.76. The summed E-state index contributed by atoms with van der Waals surface area (Å²) >= 11 is 0. The average molecular weight is 272 g/mol. The van der Waals surface area contributed by atoms with Gasteiger partial charge in [0.05, 0.1) is 0 Å². The van der Waals surface area contributed by atoms with Gasteiger partial charge in [-0.25, -0.2) is 0 Å². The molecule has 20 heavy (non-hydrogen) atoms. The third kappa shape index (κ3) is 2.91. The van der Waals surface area contributed by atoms with Gasteiger partial charge < -0.3 is 5.32 Å². The lowest BCUT2D eigenvalue weighted by atomic mass is 9.82. The number of likely N-dealkylation sites (N-methyl/N-ethyl adjacent to an activating group) is 1. The van der Waals surface area contributed by atoms with Crippen molar-refractivity contribution in [3.63, 3.8) is 0 Å². The molecular formula is C18H28N2. The molecule has 4 unspecified atom stereocenters. The number of nitrogens with one attached hydrogen (secondary N) is 1. The molecule has 1 heterocycles. The van der Waals surface area contributed by atoms with Crippen molar-refractivity contribution in [1.82, 2.24) is 10.2 Å². The van der Waals surface area contributed by atoms with Crippen LogP contribution in [0.15, 0.2) is 30.3 Å². The molecule has 1 aliphatic heterocycles. The van der Waals surface area contributed by atoms with Crippen LogP contribution in [-0.2, 0) is 0 Å². The van der Waals surface area contributed by atoms with Gasteiger partial charge >= 0.3 is 0 Å². The zero-order chi connectivity index (χ0) is 13.9. The summed E-state index contributed by atoms with van der Waals surface area (Å²) in [5.41, 5.74) is 1.53. The van der Waals surface area contributed by atoms with Crippen LogP contribution in [0.25, 0.3) is 0 Å². The SMILES string of the molecule is CNC1CCC(C)CC1N1CCC(c2ccccc2)C1. The summed E-state index contributed by atoms with van der Waals surface area (Å²) in [6.07, 6.45) is 5.42. The number of rotatable bonds is 3. The molecule has 2 heteroatoms. The maximum absolute atomic E-state index is 3.56. The van der Waals surface area contributed by atoms with E-state index in [9.17, 15) is 0 Å². The zero-order valence-electron chi connectivity index (χ0n) is 12.9. The van der Waals surface area contributed by atoms with Crippen molar-refractivity contribution >= 4 is 0 Å². The van der Waals surface area contributed by atoms with Crippen LogP contribution in [0.3, 0.4) is 0 Å². The zero-order valence-corrected chi connectivity index (χ0v) is 12.9. The molecule has 0 bridgehead atoms. The molecule has 0 amide bonds. The van der Waals surface area contributed by atoms with Crippen molar-refractivity contribution < 1.29 is 0 Å². The summed E-state index contributed by atoms with van der Waals surface area (Å²) in [5.74, 6) is 1.63. The Bertz CT molecular complexity index is 417. The van der Waals surface area contributed by atoms with E-state index in [-0.39, 0.29) is 0 Å². The smallest absolute Gasteiger partial charge is 0.0252 e. The first kappa shape index (κ1) is 14.1. The van der Waals surface area contributed by atoms with Gasteiger partial charge in [-0.05, 0) is 56.7 Å². The first-order chi connectivity index (χ1) is 9.78. The van der Waals surface area contributed by atoms with E-state index in [1.165, 1.54) is 44.3 Å². The third-order valence-electron chi connectivity index (χ3n) is 5.41. The molecule has 1 N–H and O–H groups in total. The Morgan fingerprint density at radius 1 is 1.10 bits per heavy atom. The Kier molecular flexibility index (Phi) is 4.42. The van der Waals surface area contributed by atoms with Gasteiger partial charge in [-0.2, -0.15) is 0 Å². The molecular weight excluding hydrogens is 244 g/mol. The van der Waals surface area contributed by atoms with Crippen LogP contribution in [0.2, 0.25) is 0 Å². The Labute approximate surface area is 123 Å². The molecule has 0 spiro atoms. The minimum absolute atomic E-state index is 0.695. The summed E-state index contributed by atoms with van der Waals surface area (Å²) in [7, 11) is 2.14. The van der Waals surface area contributed by atoms with Crippen molar-refractivity contribution in [2.75, 3.05) is 20.1 Å². The van der Waals surface area contributed by atoms with Crippen LogP contribution in [0, 0.1) is 5.92 Å². The average Bonchev–Trinajstić information content (AvgIpc) is 2.98. The van der Waals surface area contributed by atoms with E-state index in [1.54, 1.807) is 0 Å². The van der Waals surface area contributed by atoms with Gasteiger partial charge in [-0.1, -0.05) is 37.3 Å². The predicted molar refractivity (Wildman–Crippen MR) is 85.0 cm³/mol. The second-order valence-electron chi connectivity index (χ2n) is 6.77. The van der Waals surface area contributed by atoms with Gasteiger partial charge in [0, 0.05) is 18.6 Å². The fourth-order valence-electron chi connectivity index (χ4n) is 4.18. The largest absolute Gasteiger partial charge is 0.315 e. The predicted octanol–water partition coefficient (Wildman–Crippen LogP) is 3.25. The second-order valence-corrected chi connectivity index (χ2v) is 6.77. The maximum Gasteiger partial charge on any atom is 0.0252 e. The monoisotopic (exact) mass is 272 g/mol. The first-order valence-electron chi connectivity index (χ1n) is 8.24. The van der Waals surface area contributed by atoms with Crippen LogP contribution in [0.1, 0.15) is 44.1 Å². The van der Waals surface area contributed by atoms with Crippen molar-refractivity contribution in [3.05, 3.63) is 35.9 Å². The molecule has 110 valence electrons. The number of likely N-dealkylation sites (tertiary alicyclic amines) is 1. The van der Waals surface area contributed by atoms with E-state index in [2.05, 4.69) is 54.5 Å². The number of hydrogen-bond donors (Lipinski definition) is 1. The van der Waals surface area contributed by atoms with E-state index in [4.69, 9.17) is 0 Å². The van der Waals surface area contributed by atoms with Crippen LogP contribution in [0.5, 0.6) is 0 Å². The number of hydrogen-bond acceptors (Lipinski definition) is 2. The van der Waals surface area contributed by atoms with Gasteiger partial charge in [-0.15, -0.1) is 0 Å². The molecule has 2 fully saturated rings. The lowest BCUT2D eigenvalue weighted by Gasteiger charge is -2.40. The van der Waals surface area contributed by atoms with Crippen LogP contribution in [-0.4, -0.2) is 37.1 Å². The van der Waals surface area contributed by atoms with Gasteiger partial charge in [0.1, 0.15) is 0 Å². The molecule has 2 nitrogen and oxygen atoms in total. The lowest BCUT2D eigenvalue weighted by Crippen LogP contribution is -2.51. The van der Waals surface area contributed by atoms with Crippen LogP contribution >= 0.6 is 0 Å². The first-order valence-corrected chi connectivity index (χ1v) is 8.24. The topological polar surface area (TPSA) is 15.3 Å². The molecule has 1 saturated heterocycles. The fraction of sp³-hybridized carbons (Fsp3) is 0.667. The quantitative estimate of drug-likeness (QED) is 0.908. The van der Waals surface area contributed by atoms with E-state index in [1.807, 2.05) is 0 Å². The van der Waals surface area contributed by atoms with E-state index in [0.29, 0.717) is 6.04 Å². The summed E-state index contributed by atoms with van der Waals surface area (Å²) < 4.78 is 0. The standard InChI is InChI=1S/C18H28N2/c1-14-8-9-17(19-2)18(12-14)20-11-10-16(13-20)15-6-4-3-5-7-15/h3-7,14,16-19H,8-13H2,1-2H3. The van der Waals surface area contributed by atoms with E-state index in [0.717, 1.165) is 17.9 Å². The van der Waals surface area contributed by atoms with E-state index < -0.39 is 0 Å². The molecule has 1 saturated carbocycles. The van der Waals surface area contributed by atoms with Gasteiger partial charge in [-0.3, -0.25) is 4.90 Å². The Morgan fingerprint density at radius 2 is 1.90 bits per heavy atom. The molecule has 1 aliphatic carbocycles. The molecule has 1 aromatic rings. The number of benzene rings is 1. The molecule has 0 radical (unpaired) electrons. The van der Waals surface area contributed by atoms with Crippen LogP contribution < -0.4 is 5.32 Å². The highest BCUT2D eigenvalue weighted by atomic mass is 15.2. The second kappa shape index (κ2) is 6.28. The fourth-order valence-corrected chi connectivity index (χ4v) is 4.18. The minimum Gasteiger partial charge on any atom is -0.315 e. The highest BCUT2D eigenvalue weighted by Gasteiger charge is 2.36. The van der Waals surface area contributed by atoms with Crippen molar-refractivity contribution in [2.45, 2.75) is 50.6 Å². The highest BCUT2D eigenvalue weighted by Crippen LogP contribution is 2.34. The van der Waals surface area contributed by atoms with Gasteiger partial charge in [0.2, 0.25) is 0 Å². The third-order valence-corrected chi connectivity index (χ3v) is 5.41. The Hall–Kier alpha value is -0.860. The Morgan fingerprint density at radius 3 is 2.65 bits per heavy atom. The molecule has 2 aliphatic rings. The van der Waals surface area contributed by atoms with Crippen molar-refractivity contribution in [1.29, 1.82) is 0 Å².